The maximum Gasteiger partial charge on any atom is 0.0530 e. The van der Waals surface area contributed by atoms with Gasteiger partial charge in [0.05, 0.1) is 12.4 Å². The van der Waals surface area contributed by atoms with Crippen LogP contribution in [0.3, 0.4) is 0 Å². The van der Waals surface area contributed by atoms with Crippen LogP contribution in [0.25, 0.3) is 0 Å². The summed E-state index contributed by atoms with van der Waals surface area (Å²) in [5.74, 6) is 0. The van der Waals surface area contributed by atoms with Crippen LogP contribution in [0.1, 0.15) is 12.8 Å². The number of rotatable bonds is 3. The van der Waals surface area contributed by atoms with E-state index in [1.54, 1.807) is 12.4 Å². The van der Waals surface area contributed by atoms with Gasteiger partial charge >= 0.3 is 0 Å². The van der Waals surface area contributed by atoms with Crippen molar-refractivity contribution in [1.29, 1.82) is 0 Å². The van der Waals surface area contributed by atoms with Crippen molar-refractivity contribution in [2.75, 3.05) is 0 Å². The summed E-state index contributed by atoms with van der Waals surface area (Å²) in [4.78, 5) is 0. The van der Waals surface area contributed by atoms with Crippen molar-refractivity contribution >= 4 is 12.4 Å². The van der Waals surface area contributed by atoms with Crippen molar-refractivity contribution < 1.29 is 0 Å². The van der Waals surface area contributed by atoms with Gasteiger partial charge in [-0.1, -0.05) is 36.5 Å². The van der Waals surface area contributed by atoms with Crippen LogP contribution in [0.5, 0.6) is 0 Å². The third-order valence-corrected chi connectivity index (χ3v) is 2.11. The second-order valence-electron chi connectivity index (χ2n) is 3.24. The molecule has 14 heavy (non-hydrogen) atoms. The summed E-state index contributed by atoms with van der Waals surface area (Å²) in [5.41, 5.74) is 2.42. The maximum atomic E-state index is 3.98. The molecule has 2 aliphatic rings. The molecular formula is C12H12N2. The van der Waals surface area contributed by atoms with Crippen molar-refractivity contribution in [3.8, 4) is 0 Å². The molecule has 0 saturated heterocycles. The Kier molecular flexibility index (Phi) is 2.86. The van der Waals surface area contributed by atoms with Gasteiger partial charge in [-0.05, 0) is 24.0 Å². The monoisotopic (exact) mass is 184 g/mol. The molecule has 70 valence electrons. The van der Waals surface area contributed by atoms with E-state index in [9.17, 15) is 0 Å². The molecule has 2 aliphatic carbocycles. The van der Waals surface area contributed by atoms with Gasteiger partial charge in [-0.25, -0.2) is 0 Å². The van der Waals surface area contributed by atoms with E-state index in [1.807, 2.05) is 12.2 Å². The zero-order valence-corrected chi connectivity index (χ0v) is 7.93. The Bertz CT molecular complexity index is 341. The lowest BCUT2D eigenvalue weighted by atomic mass is 10.3. The Morgan fingerprint density at radius 3 is 1.71 bits per heavy atom. The molecule has 2 nitrogen and oxygen atoms in total. The molecule has 0 aromatic carbocycles. The van der Waals surface area contributed by atoms with Gasteiger partial charge in [-0.2, -0.15) is 10.2 Å². The molecule has 0 N–H and O–H groups in total. The van der Waals surface area contributed by atoms with Gasteiger partial charge in [0.25, 0.3) is 0 Å². The smallest absolute Gasteiger partial charge is 0.0530 e. The predicted molar refractivity (Wildman–Crippen MR) is 60.7 cm³/mol. The average Bonchev–Trinajstić information content (AvgIpc) is 2.86. The van der Waals surface area contributed by atoms with Gasteiger partial charge in [0.1, 0.15) is 0 Å². The van der Waals surface area contributed by atoms with Crippen LogP contribution < -0.4 is 0 Å². The third kappa shape index (κ3) is 2.39. The number of nitrogens with zero attached hydrogens (tertiary/aromatic N) is 2. The van der Waals surface area contributed by atoms with Crippen LogP contribution >= 0.6 is 0 Å². The Balaban J connectivity index is 1.81. The standard InChI is InChI=1S/C12H12N2/c1-2-6-11(5-1)9-13-14-10-12-7-3-4-8-12/h1-5,7,9-10H,6,8H2/b13-9+,14-10+. The van der Waals surface area contributed by atoms with Gasteiger partial charge < -0.3 is 0 Å². The fraction of sp³-hybridized carbons (Fsp3) is 0.167. The summed E-state index contributed by atoms with van der Waals surface area (Å²) in [6.07, 6.45) is 17.9. The molecule has 0 radical (unpaired) electrons. The molecule has 0 aromatic rings. The first-order valence-corrected chi connectivity index (χ1v) is 4.73. The van der Waals surface area contributed by atoms with Crippen molar-refractivity contribution in [3.05, 3.63) is 47.6 Å². The lowest BCUT2D eigenvalue weighted by Crippen LogP contribution is -1.80. The molecule has 2 rings (SSSR count). The fourth-order valence-corrected chi connectivity index (χ4v) is 1.33. The number of hydrogen-bond acceptors (Lipinski definition) is 2. The van der Waals surface area contributed by atoms with E-state index in [2.05, 4.69) is 34.5 Å². The molecule has 0 aromatic heterocycles. The molecule has 0 amide bonds. The summed E-state index contributed by atoms with van der Waals surface area (Å²) >= 11 is 0. The normalized spacial score (nSPS) is 20.0. The Morgan fingerprint density at radius 1 is 0.857 bits per heavy atom. The highest BCUT2D eigenvalue weighted by Crippen LogP contribution is 2.08. The lowest BCUT2D eigenvalue weighted by molar-refractivity contribution is 1.24. The topological polar surface area (TPSA) is 24.7 Å². The zero-order valence-electron chi connectivity index (χ0n) is 7.93. The van der Waals surface area contributed by atoms with Crippen molar-refractivity contribution in [2.24, 2.45) is 10.2 Å². The predicted octanol–water partition coefficient (Wildman–Crippen LogP) is 2.82. The van der Waals surface area contributed by atoms with Crippen LogP contribution in [-0.4, -0.2) is 12.4 Å². The highest BCUT2D eigenvalue weighted by Gasteiger charge is 1.94. The van der Waals surface area contributed by atoms with E-state index in [0.29, 0.717) is 0 Å². The zero-order chi connectivity index (χ0) is 9.64. The molecule has 0 fully saturated rings. The van der Waals surface area contributed by atoms with E-state index in [0.717, 1.165) is 12.8 Å². The van der Waals surface area contributed by atoms with Crippen molar-refractivity contribution in [1.82, 2.24) is 0 Å². The number of hydrogen-bond donors (Lipinski definition) is 0. The number of allylic oxidation sites excluding steroid dienone is 8. The van der Waals surface area contributed by atoms with Gasteiger partial charge in [0.2, 0.25) is 0 Å². The van der Waals surface area contributed by atoms with E-state index in [1.165, 1.54) is 11.1 Å². The van der Waals surface area contributed by atoms with Crippen molar-refractivity contribution in [3.63, 3.8) is 0 Å². The van der Waals surface area contributed by atoms with Crippen LogP contribution in [-0.2, 0) is 0 Å². The molecule has 2 heteroatoms. The van der Waals surface area contributed by atoms with Crippen LogP contribution in [0, 0.1) is 0 Å². The van der Waals surface area contributed by atoms with E-state index in [4.69, 9.17) is 0 Å². The second kappa shape index (κ2) is 4.51. The van der Waals surface area contributed by atoms with E-state index >= 15 is 0 Å². The first-order chi connectivity index (χ1) is 6.95. The highest BCUT2D eigenvalue weighted by molar-refractivity contribution is 5.83. The minimum absolute atomic E-state index is 0.975. The van der Waals surface area contributed by atoms with Crippen LogP contribution in [0.4, 0.5) is 0 Å². The average molecular weight is 184 g/mol. The van der Waals surface area contributed by atoms with Gasteiger partial charge in [0.15, 0.2) is 0 Å². The summed E-state index contributed by atoms with van der Waals surface area (Å²) < 4.78 is 0. The minimum Gasteiger partial charge on any atom is -0.159 e. The van der Waals surface area contributed by atoms with Crippen LogP contribution in [0.2, 0.25) is 0 Å². The molecule has 0 atom stereocenters. The van der Waals surface area contributed by atoms with Crippen molar-refractivity contribution in [2.45, 2.75) is 12.8 Å². The van der Waals surface area contributed by atoms with Gasteiger partial charge in [0, 0.05) is 0 Å². The summed E-state index contributed by atoms with van der Waals surface area (Å²) in [6.45, 7) is 0. The minimum atomic E-state index is 0.975. The second-order valence-corrected chi connectivity index (χ2v) is 3.24. The lowest BCUT2D eigenvalue weighted by Gasteiger charge is -1.88. The van der Waals surface area contributed by atoms with Gasteiger partial charge in [-0.3, -0.25) is 0 Å². The largest absolute Gasteiger partial charge is 0.159 e. The molecular weight excluding hydrogens is 172 g/mol. The summed E-state index contributed by atoms with van der Waals surface area (Å²) in [5, 5.41) is 7.97. The molecule has 0 heterocycles. The maximum absolute atomic E-state index is 3.98. The molecule has 0 spiro atoms. The van der Waals surface area contributed by atoms with Crippen LogP contribution in [0.15, 0.2) is 57.8 Å². The Hall–Kier alpha value is -1.70. The molecule has 0 aliphatic heterocycles. The molecule has 0 saturated carbocycles. The Labute approximate surface area is 83.7 Å². The van der Waals surface area contributed by atoms with Gasteiger partial charge in [-0.15, -0.1) is 0 Å². The fourth-order valence-electron chi connectivity index (χ4n) is 1.33. The molecule has 0 bridgehead atoms. The highest BCUT2D eigenvalue weighted by atomic mass is 15.2. The third-order valence-electron chi connectivity index (χ3n) is 2.11. The Morgan fingerprint density at radius 2 is 1.36 bits per heavy atom. The first-order valence-electron chi connectivity index (χ1n) is 4.73. The summed E-state index contributed by atoms with van der Waals surface area (Å²) in [6, 6.07) is 0. The molecule has 0 unspecified atom stereocenters. The quantitative estimate of drug-likeness (QED) is 0.476. The van der Waals surface area contributed by atoms with E-state index in [-0.39, 0.29) is 0 Å². The SMILES string of the molecule is C1=CCC(/C=N/N=C/C2=CC=CC2)=C1. The summed E-state index contributed by atoms with van der Waals surface area (Å²) in [7, 11) is 0. The van der Waals surface area contributed by atoms with E-state index < -0.39 is 0 Å². The first kappa shape index (κ1) is 8.88.